The van der Waals surface area contributed by atoms with Gasteiger partial charge in [-0.25, -0.2) is 0 Å². The fourth-order valence-corrected chi connectivity index (χ4v) is 2.38. The second-order valence-corrected chi connectivity index (χ2v) is 4.81. The van der Waals surface area contributed by atoms with Crippen molar-refractivity contribution in [3.8, 4) is 0 Å². The molecule has 1 aromatic carbocycles. The van der Waals surface area contributed by atoms with Crippen LogP contribution in [0.3, 0.4) is 0 Å². The molecule has 0 saturated heterocycles. The number of Topliss-reactive ketones (excluding diaryl/α,β-unsaturated/α-hetero) is 1. The van der Waals surface area contributed by atoms with Gasteiger partial charge in [0.15, 0.2) is 5.78 Å². The molecule has 2 aromatic rings. The highest BCUT2D eigenvalue weighted by molar-refractivity contribution is 6.04. The van der Waals surface area contributed by atoms with E-state index in [4.69, 9.17) is 0 Å². The Morgan fingerprint density at radius 3 is 2.74 bits per heavy atom. The molecule has 0 atom stereocenters. The minimum atomic E-state index is -0.0557. The van der Waals surface area contributed by atoms with E-state index in [-0.39, 0.29) is 18.2 Å². The maximum atomic E-state index is 12.1. The lowest BCUT2D eigenvalue weighted by Crippen LogP contribution is -2.30. The molecule has 0 spiro atoms. The van der Waals surface area contributed by atoms with E-state index in [0.717, 1.165) is 5.56 Å². The average molecular weight is 254 g/mol. The van der Waals surface area contributed by atoms with Crippen molar-refractivity contribution < 1.29 is 9.59 Å². The summed E-state index contributed by atoms with van der Waals surface area (Å²) in [5.41, 5.74) is 2.35. The zero-order chi connectivity index (χ0) is 13.4. The maximum absolute atomic E-state index is 12.1. The highest BCUT2D eigenvalue weighted by Gasteiger charge is 2.28. The number of hydrogen-bond donors (Lipinski definition) is 0. The first-order valence-electron chi connectivity index (χ1n) is 6.17. The van der Waals surface area contributed by atoms with Crippen LogP contribution in [0.5, 0.6) is 0 Å². The summed E-state index contributed by atoms with van der Waals surface area (Å²) >= 11 is 0. The van der Waals surface area contributed by atoms with Crippen molar-refractivity contribution in [3.63, 3.8) is 0 Å². The smallest absolute Gasteiger partial charge is 0.254 e. The number of aryl methyl sites for hydroxylation is 1. The summed E-state index contributed by atoms with van der Waals surface area (Å²) in [5.74, 6) is -0.0818. The normalized spacial score (nSPS) is 13.7. The lowest BCUT2D eigenvalue weighted by atomic mass is 10.1. The summed E-state index contributed by atoms with van der Waals surface area (Å²) in [6.45, 7) is 0.658. The molecular weight excluding hydrogens is 240 g/mol. The number of hydrogen-bond acceptors (Lipinski definition) is 2. The SMILES string of the molecule is Cn1ccc(C(=O)CN2Cc3ccccc3C2=O)c1. The van der Waals surface area contributed by atoms with Crippen LogP contribution in [0.4, 0.5) is 0 Å². The third-order valence-corrected chi connectivity index (χ3v) is 3.38. The molecular formula is C15H14N2O2. The molecule has 0 unspecified atom stereocenters. The van der Waals surface area contributed by atoms with Gasteiger partial charge in [0.25, 0.3) is 5.91 Å². The largest absolute Gasteiger partial charge is 0.357 e. The number of nitrogens with zero attached hydrogens (tertiary/aromatic N) is 2. The van der Waals surface area contributed by atoms with Crippen LogP contribution in [0.1, 0.15) is 26.3 Å². The number of fused-ring (bicyclic) bond motifs is 1. The number of aromatic nitrogens is 1. The van der Waals surface area contributed by atoms with E-state index < -0.39 is 0 Å². The molecule has 1 amide bonds. The van der Waals surface area contributed by atoms with E-state index in [9.17, 15) is 9.59 Å². The number of amides is 1. The standard InChI is InChI=1S/C15H14N2O2/c1-16-7-6-12(8-16)14(18)10-17-9-11-4-2-3-5-13(11)15(17)19/h2-8H,9-10H2,1H3. The average Bonchev–Trinajstić information content (AvgIpc) is 2.96. The quantitative estimate of drug-likeness (QED) is 0.785. The molecule has 0 radical (unpaired) electrons. The van der Waals surface area contributed by atoms with Crippen molar-refractivity contribution in [2.45, 2.75) is 6.54 Å². The molecule has 0 bridgehead atoms. The minimum Gasteiger partial charge on any atom is -0.357 e. The van der Waals surface area contributed by atoms with Gasteiger partial charge in [0.2, 0.25) is 0 Å². The summed E-state index contributed by atoms with van der Waals surface area (Å²) < 4.78 is 1.83. The molecule has 19 heavy (non-hydrogen) atoms. The monoisotopic (exact) mass is 254 g/mol. The van der Waals surface area contributed by atoms with Crippen molar-refractivity contribution in [2.24, 2.45) is 7.05 Å². The Morgan fingerprint density at radius 2 is 2.05 bits per heavy atom. The van der Waals surface area contributed by atoms with E-state index in [2.05, 4.69) is 0 Å². The van der Waals surface area contributed by atoms with E-state index in [1.165, 1.54) is 0 Å². The molecule has 1 aliphatic heterocycles. The topological polar surface area (TPSA) is 42.3 Å². The maximum Gasteiger partial charge on any atom is 0.254 e. The molecule has 4 nitrogen and oxygen atoms in total. The Labute approximate surface area is 111 Å². The molecule has 1 aromatic heterocycles. The van der Waals surface area contributed by atoms with Gasteiger partial charge >= 0.3 is 0 Å². The lowest BCUT2D eigenvalue weighted by Gasteiger charge is -2.13. The Morgan fingerprint density at radius 1 is 1.26 bits per heavy atom. The third-order valence-electron chi connectivity index (χ3n) is 3.38. The van der Waals surface area contributed by atoms with Gasteiger partial charge in [0.1, 0.15) is 0 Å². The Hall–Kier alpha value is -2.36. The van der Waals surface area contributed by atoms with Crippen LogP contribution in [-0.4, -0.2) is 27.7 Å². The Balaban J connectivity index is 1.76. The number of carbonyl (C=O) groups excluding carboxylic acids is 2. The van der Waals surface area contributed by atoms with Gasteiger partial charge in [-0.15, -0.1) is 0 Å². The van der Waals surface area contributed by atoms with Crippen LogP contribution in [0.2, 0.25) is 0 Å². The summed E-state index contributed by atoms with van der Waals surface area (Å²) in [4.78, 5) is 25.8. The second-order valence-electron chi connectivity index (χ2n) is 4.81. The van der Waals surface area contributed by atoms with Gasteiger partial charge in [0.05, 0.1) is 6.54 Å². The van der Waals surface area contributed by atoms with Crippen LogP contribution in [0, 0.1) is 0 Å². The van der Waals surface area contributed by atoms with E-state index in [1.54, 1.807) is 17.2 Å². The lowest BCUT2D eigenvalue weighted by molar-refractivity contribution is 0.0729. The van der Waals surface area contributed by atoms with Crippen molar-refractivity contribution >= 4 is 11.7 Å². The third kappa shape index (κ3) is 2.05. The first kappa shape index (κ1) is 11.7. The molecule has 3 rings (SSSR count). The first-order valence-corrected chi connectivity index (χ1v) is 6.17. The number of benzene rings is 1. The van der Waals surface area contributed by atoms with E-state index >= 15 is 0 Å². The molecule has 0 aliphatic carbocycles. The summed E-state index contributed by atoms with van der Waals surface area (Å²) in [6.07, 6.45) is 3.60. The molecule has 2 heterocycles. The van der Waals surface area contributed by atoms with Gasteiger partial charge < -0.3 is 9.47 Å². The fraction of sp³-hybridized carbons (Fsp3) is 0.200. The molecule has 0 saturated carbocycles. The fourth-order valence-electron chi connectivity index (χ4n) is 2.38. The van der Waals surface area contributed by atoms with Gasteiger partial charge in [-0.05, 0) is 17.7 Å². The van der Waals surface area contributed by atoms with Crippen LogP contribution >= 0.6 is 0 Å². The Kier molecular flexibility index (Phi) is 2.71. The predicted octanol–water partition coefficient (Wildman–Crippen LogP) is 1.86. The van der Waals surface area contributed by atoms with Gasteiger partial charge in [0, 0.05) is 37.1 Å². The van der Waals surface area contributed by atoms with Crippen LogP contribution in [-0.2, 0) is 13.6 Å². The highest BCUT2D eigenvalue weighted by atomic mass is 16.2. The molecule has 0 fully saturated rings. The van der Waals surface area contributed by atoms with Crippen LogP contribution in [0.15, 0.2) is 42.7 Å². The summed E-state index contributed by atoms with van der Waals surface area (Å²) in [5, 5.41) is 0. The molecule has 96 valence electrons. The minimum absolute atomic E-state index is 0.0262. The summed E-state index contributed by atoms with van der Waals surface area (Å²) in [7, 11) is 1.87. The second kappa shape index (κ2) is 4.39. The van der Waals surface area contributed by atoms with Crippen molar-refractivity contribution in [1.29, 1.82) is 0 Å². The molecule has 1 aliphatic rings. The van der Waals surface area contributed by atoms with Crippen molar-refractivity contribution in [1.82, 2.24) is 9.47 Å². The van der Waals surface area contributed by atoms with Gasteiger partial charge in [-0.1, -0.05) is 18.2 Å². The van der Waals surface area contributed by atoms with Gasteiger partial charge in [-0.2, -0.15) is 0 Å². The first-order chi connectivity index (χ1) is 9.15. The summed E-state index contributed by atoms with van der Waals surface area (Å²) in [6, 6.07) is 9.27. The highest BCUT2D eigenvalue weighted by Crippen LogP contribution is 2.22. The Bertz CT molecular complexity index is 658. The van der Waals surface area contributed by atoms with Gasteiger partial charge in [-0.3, -0.25) is 9.59 Å². The molecule has 0 N–H and O–H groups in total. The van der Waals surface area contributed by atoms with Crippen LogP contribution < -0.4 is 0 Å². The number of carbonyl (C=O) groups is 2. The zero-order valence-electron chi connectivity index (χ0n) is 10.7. The van der Waals surface area contributed by atoms with E-state index in [0.29, 0.717) is 17.7 Å². The zero-order valence-corrected chi connectivity index (χ0v) is 10.7. The predicted molar refractivity (Wildman–Crippen MR) is 70.9 cm³/mol. The molecule has 4 heteroatoms. The van der Waals surface area contributed by atoms with Crippen molar-refractivity contribution in [2.75, 3.05) is 6.54 Å². The van der Waals surface area contributed by atoms with Crippen LogP contribution in [0.25, 0.3) is 0 Å². The number of rotatable bonds is 3. The number of ketones is 1. The van der Waals surface area contributed by atoms with E-state index in [1.807, 2.05) is 42.1 Å². The van der Waals surface area contributed by atoms with Crippen molar-refractivity contribution in [3.05, 3.63) is 59.4 Å².